The van der Waals surface area contributed by atoms with E-state index >= 15 is 0 Å². The minimum absolute atomic E-state index is 0.198. The molecule has 1 saturated carbocycles. The lowest BCUT2D eigenvalue weighted by Gasteiger charge is -2.29. The Balaban J connectivity index is 1.94. The van der Waals surface area contributed by atoms with Gasteiger partial charge in [-0.15, -0.1) is 0 Å². The molecule has 0 saturated heterocycles. The summed E-state index contributed by atoms with van der Waals surface area (Å²) in [4.78, 5) is 0. The fourth-order valence-corrected chi connectivity index (χ4v) is 2.18. The number of hydrogen-bond acceptors (Lipinski definition) is 3. The number of aliphatic hydroxyl groups is 1. The molecule has 1 N–H and O–H groups in total. The quantitative estimate of drug-likeness (QED) is 0.793. The Morgan fingerprint density at radius 3 is 2.81 bits per heavy atom. The molecule has 0 amide bonds. The van der Waals surface area contributed by atoms with Crippen molar-refractivity contribution >= 4 is 0 Å². The van der Waals surface area contributed by atoms with Crippen LogP contribution >= 0.6 is 0 Å². The Morgan fingerprint density at radius 1 is 1.38 bits per heavy atom. The highest BCUT2D eigenvalue weighted by atomic mass is 16.7. The van der Waals surface area contributed by atoms with Crippen LogP contribution in [0.15, 0.2) is 30.3 Å². The third-order valence-corrected chi connectivity index (χ3v) is 3.12. The van der Waals surface area contributed by atoms with Crippen LogP contribution in [-0.2, 0) is 16.1 Å². The number of hydrogen-bond donors (Lipinski definition) is 1. The zero-order valence-corrected chi connectivity index (χ0v) is 9.56. The van der Waals surface area contributed by atoms with Crippen molar-refractivity contribution in [3.05, 3.63) is 35.9 Å². The van der Waals surface area contributed by atoms with Crippen molar-refractivity contribution in [3.8, 4) is 0 Å². The molecule has 2 atom stereocenters. The highest BCUT2D eigenvalue weighted by Gasteiger charge is 2.42. The Morgan fingerprint density at radius 2 is 2.12 bits per heavy atom. The van der Waals surface area contributed by atoms with Crippen molar-refractivity contribution in [2.24, 2.45) is 0 Å². The second-order valence-electron chi connectivity index (χ2n) is 4.24. The SMILES string of the molecule is COC1CCCC1(O)OCc1ccccc1. The van der Waals surface area contributed by atoms with E-state index < -0.39 is 5.79 Å². The molecule has 0 radical (unpaired) electrons. The van der Waals surface area contributed by atoms with Gasteiger partial charge in [0.05, 0.1) is 6.61 Å². The van der Waals surface area contributed by atoms with Gasteiger partial charge in [0.15, 0.2) is 5.79 Å². The molecule has 0 aliphatic heterocycles. The molecule has 3 nitrogen and oxygen atoms in total. The Bertz CT molecular complexity index is 325. The molecule has 1 aromatic carbocycles. The molecule has 1 fully saturated rings. The number of benzene rings is 1. The summed E-state index contributed by atoms with van der Waals surface area (Å²) in [6.45, 7) is 0.428. The van der Waals surface area contributed by atoms with Crippen LogP contribution in [0.4, 0.5) is 0 Å². The summed E-state index contributed by atoms with van der Waals surface area (Å²) >= 11 is 0. The minimum Gasteiger partial charge on any atom is -0.376 e. The number of methoxy groups -OCH3 is 1. The fourth-order valence-electron chi connectivity index (χ4n) is 2.18. The maximum atomic E-state index is 10.3. The maximum absolute atomic E-state index is 10.3. The smallest absolute Gasteiger partial charge is 0.192 e. The van der Waals surface area contributed by atoms with Gasteiger partial charge in [0.2, 0.25) is 0 Å². The van der Waals surface area contributed by atoms with Gasteiger partial charge in [-0.3, -0.25) is 0 Å². The van der Waals surface area contributed by atoms with E-state index in [0.717, 1.165) is 18.4 Å². The molecule has 88 valence electrons. The van der Waals surface area contributed by atoms with Gasteiger partial charge in [-0.2, -0.15) is 0 Å². The second-order valence-corrected chi connectivity index (χ2v) is 4.24. The summed E-state index contributed by atoms with van der Waals surface area (Å²) in [5, 5.41) is 10.3. The van der Waals surface area contributed by atoms with E-state index in [2.05, 4.69) is 0 Å². The van der Waals surface area contributed by atoms with E-state index in [1.54, 1.807) is 7.11 Å². The molecule has 0 heterocycles. The first kappa shape index (κ1) is 11.6. The zero-order valence-electron chi connectivity index (χ0n) is 9.56. The van der Waals surface area contributed by atoms with E-state index in [0.29, 0.717) is 13.0 Å². The lowest BCUT2D eigenvalue weighted by molar-refractivity contribution is -0.254. The van der Waals surface area contributed by atoms with E-state index in [9.17, 15) is 5.11 Å². The molecule has 1 aromatic rings. The van der Waals surface area contributed by atoms with Gasteiger partial charge in [-0.25, -0.2) is 0 Å². The highest BCUT2D eigenvalue weighted by molar-refractivity contribution is 5.13. The normalized spacial score (nSPS) is 29.5. The van der Waals surface area contributed by atoms with Crippen molar-refractivity contribution in [3.63, 3.8) is 0 Å². The molecular formula is C13H18O3. The summed E-state index contributed by atoms with van der Waals surface area (Å²) in [6, 6.07) is 9.86. The third-order valence-electron chi connectivity index (χ3n) is 3.12. The average molecular weight is 222 g/mol. The van der Waals surface area contributed by atoms with Gasteiger partial charge in [-0.1, -0.05) is 30.3 Å². The van der Waals surface area contributed by atoms with Crippen LogP contribution in [0, 0.1) is 0 Å². The van der Waals surface area contributed by atoms with Gasteiger partial charge in [0.1, 0.15) is 6.10 Å². The molecule has 1 aliphatic rings. The molecule has 0 aromatic heterocycles. The Hall–Kier alpha value is -0.900. The fraction of sp³-hybridized carbons (Fsp3) is 0.538. The van der Waals surface area contributed by atoms with E-state index in [-0.39, 0.29) is 6.10 Å². The molecule has 0 spiro atoms. The van der Waals surface area contributed by atoms with Crippen molar-refractivity contribution in [2.75, 3.05) is 7.11 Å². The maximum Gasteiger partial charge on any atom is 0.192 e. The van der Waals surface area contributed by atoms with Crippen LogP contribution in [0.1, 0.15) is 24.8 Å². The summed E-state index contributed by atoms with van der Waals surface area (Å²) in [5.41, 5.74) is 1.07. The number of ether oxygens (including phenoxy) is 2. The first-order chi connectivity index (χ1) is 7.74. The van der Waals surface area contributed by atoms with Crippen LogP contribution in [0.3, 0.4) is 0 Å². The van der Waals surface area contributed by atoms with E-state index in [1.807, 2.05) is 30.3 Å². The van der Waals surface area contributed by atoms with Crippen LogP contribution in [0.5, 0.6) is 0 Å². The zero-order chi connectivity index (χ0) is 11.4. The first-order valence-electron chi connectivity index (χ1n) is 5.68. The monoisotopic (exact) mass is 222 g/mol. The summed E-state index contributed by atoms with van der Waals surface area (Å²) < 4.78 is 10.9. The molecule has 1 aliphatic carbocycles. The van der Waals surface area contributed by atoms with Crippen molar-refractivity contribution in [1.29, 1.82) is 0 Å². The molecule has 2 unspecified atom stereocenters. The van der Waals surface area contributed by atoms with Gasteiger partial charge >= 0.3 is 0 Å². The van der Waals surface area contributed by atoms with Crippen molar-refractivity contribution < 1.29 is 14.6 Å². The van der Waals surface area contributed by atoms with Crippen LogP contribution in [-0.4, -0.2) is 24.1 Å². The standard InChI is InChI=1S/C13H18O3/c1-15-12-8-5-9-13(12,14)16-10-11-6-3-2-4-7-11/h2-4,6-7,12,14H,5,8-10H2,1H3. The van der Waals surface area contributed by atoms with Gasteiger partial charge in [0, 0.05) is 13.5 Å². The van der Waals surface area contributed by atoms with Crippen molar-refractivity contribution in [2.45, 2.75) is 37.8 Å². The molecular weight excluding hydrogens is 204 g/mol. The van der Waals surface area contributed by atoms with Gasteiger partial charge in [-0.05, 0) is 18.4 Å². The molecule has 0 bridgehead atoms. The highest BCUT2D eigenvalue weighted by Crippen LogP contribution is 2.33. The minimum atomic E-state index is -1.11. The van der Waals surface area contributed by atoms with Gasteiger partial charge < -0.3 is 14.6 Å². The summed E-state index contributed by atoms with van der Waals surface area (Å²) in [5.74, 6) is -1.11. The lowest BCUT2D eigenvalue weighted by atomic mass is 10.2. The number of rotatable bonds is 4. The molecule has 16 heavy (non-hydrogen) atoms. The van der Waals surface area contributed by atoms with Crippen LogP contribution in [0.2, 0.25) is 0 Å². The lowest BCUT2D eigenvalue weighted by Crippen LogP contribution is -2.41. The average Bonchev–Trinajstić information content (AvgIpc) is 2.70. The largest absolute Gasteiger partial charge is 0.376 e. The van der Waals surface area contributed by atoms with Crippen LogP contribution in [0.25, 0.3) is 0 Å². The summed E-state index contributed by atoms with van der Waals surface area (Å²) in [7, 11) is 1.62. The summed E-state index contributed by atoms with van der Waals surface area (Å²) in [6.07, 6.45) is 2.26. The van der Waals surface area contributed by atoms with E-state index in [4.69, 9.17) is 9.47 Å². The Labute approximate surface area is 96.0 Å². The molecule has 2 rings (SSSR count). The second kappa shape index (κ2) is 4.95. The first-order valence-corrected chi connectivity index (χ1v) is 5.68. The molecule has 3 heteroatoms. The Kier molecular flexibility index (Phi) is 3.59. The predicted molar refractivity (Wildman–Crippen MR) is 60.8 cm³/mol. The third kappa shape index (κ3) is 2.43. The van der Waals surface area contributed by atoms with Crippen molar-refractivity contribution in [1.82, 2.24) is 0 Å². The van der Waals surface area contributed by atoms with Crippen LogP contribution < -0.4 is 0 Å². The topological polar surface area (TPSA) is 38.7 Å². The van der Waals surface area contributed by atoms with E-state index in [1.165, 1.54) is 0 Å². The van der Waals surface area contributed by atoms with Gasteiger partial charge in [0.25, 0.3) is 0 Å². The predicted octanol–water partition coefficient (Wildman–Crippen LogP) is 2.09.